The second-order valence-corrected chi connectivity index (χ2v) is 8.05. The second kappa shape index (κ2) is 8.70. The van der Waals surface area contributed by atoms with Crippen molar-refractivity contribution in [3.05, 3.63) is 0 Å². The molecule has 6 heteroatoms. The number of carbonyl (C=O) groups is 2. The summed E-state index contributed by atoms with van der Waals surface area (Å²) >= 11 is 0. The van der Waals surface area contributed by atoms with Crippen LogP contribution in [0.1, 0.15) is 67.2 Å². The molecular weight excluding hydrogens is 306 g/mol. The Morgan fingerprint density at radius 1 is 1.21 bits per heavy atom. The number of carbonyl (C=O) groups excluding carboxylic acids is 2. The fourth-order valence-electron chi connectivity index (χ4n) is 3.08. The molecule has 0 heterocycles. The Hall–Kier alpha value is -1.30. The second-order valence-electron chi connectivity index (χ2n) is 8.05. The Labute approximate surface area is 146 Å². The highest BCUT2D eigenvalue weighted by atomic mass is 16.6. The molecule has 0 radical (unpaired) electrons. The summed E-state index contributed by atoms with van der Waals surface area (Å²) in [6, 6.07) is -0.116. The molecule has 1 aliphatic rings. The quantitative estimate of drug-likeness (QED) is 0.805. The van der Waals surface area contributed by atoms with E-state index in [2.05, 4.69) is 5.32 Å². The maximum atomic E-state index is 12.5. The molecule has 0 aliphatic heterocycles. The zero-order valence-electron chi connectivity index (χ0n) is 16.1. The van der Waals surface area contributed by atoms with E-state index in [0.29, 0.717) is 6.54 Å². The van der Waals surface area contributed by atoms with Gasteiger partial charge < -0.3 is 20.7 Å². The maximum Gasteiger partial charge on any atom is 0.407 e. The van der Waals surface area contributed by atoms with E-state index < -0.39 is 11.6 Å². The number of ether oxygens (including phenoxy) is 1. The van der Waals surface area contributed by atoms with Crippen molar-refractivity contribution in [1.29, 1.82) is 0 Å². The van der Waals surface area contributed by atoms with Gasteiger partial charge in [-0.1, -0.05) is 13.8 Å². The van der Waals surface area contributed by atoms with Crippen LogP contribution in [0.4, 0.5) is 4.79 Å². The highest BCUT2D eigenvalue weighted by molar-refractivity contribution is 5.82. The third-order valence-electron chi connectivity index (χ3n) is 4.49. The van der Waals surface area contributed by atoms with Crippen LogP contribution in [0.15, 0.2) is 0 Å². The molecule has 0 unspecified atom stereocenters. The summed E-state index contributed by atoms with van der Waals surface area (Å²) in [5.74, 6) is 0.174. The zero-order valence-corrected chi connectivity index (χ0v) is 16.1. The lowest BCUT2D eigenvalue weighted by molar-refractivity contribution is -0.136. The van der Waals surface area contributed by atoms with Crippen molar-refractivity contribution in [1.82, 2.24) is 10.2 Å². The van der Waals surface area contributed by atoms with Crippen LogP contribution in [0.5, 0.6) is 0 Å². The standard InChI is InChI=1S/C18H35N3O3/c1-7-21(16(22)15(19)12(2)3)14-10-8-13(9-11-14)20-17(23)24-18(4,5)6/h12-15H,7-11,19H2,1-6H3,(H,20,23)/t13?,14?,15-/m0/s1. The molecule has 1 aliphatic carbocycles. The van der Waals surface area contributed by atoms with E-state index in [0.717, 1.165) is 25.7 Å². The molecule has 1 rings (SSSR count). The zero-order chi connectivity index (χ0) is 18.5. The van der Waals surface area contributed by atoms with Crippen molar-refractivity contribution < 1.29 is 14.3 Å². The number of hydrogen-bond acceptors (Lipinski definition) is 4. The third kappa shape index (κ3) is 6.30. The van der Waals surface area contributed by atoms with E-state index in [1.807, 2.05) is 46.4 Å². The predicted molar refractivity (Wildman–Crippen MR) is 95.6 cm³/mol. The van der Waals surface area contributed by atoms with Gasteiger partial charge in [0.15, 0.2) is 0 Å². The smallest absolute Gasteiger partial charge is 0.407 e. The van der Waals surface area contributed by atoms with Gasteiger partial charge in [-0.25, -0.2) is 4.79 Å². The van der Waals surface area contributed by atoms with Gasteiger partial charge in [-0.15, -0.1) is 0 Å². The summed E-state index contributed by atoms with van der Waals surface area (Å²) in [5.41, 5.74) is 5.54. The van der Waals surface area contributed by atoms with Crippen molar-refractivity contribution in [3.8, 4) is 0 Å². The van der Waals surface area contributed by atoms with Crippen molar-refractivity contribution >= 4 is 12.0 Å². The molecule has 0 spiro atoms. The average Bonchev–Trinajstić information content (AvgIpc) is 2.46. The van der Waals surface area contributed by atoms with E-state index >= 15 is 0 Å². The summed E-state index contributed by atoms with van der Waals surface area (Å²) < 4.78 is 5.30. The number of likely N-dealkylation sites (N-methyl/N-ethyl adjacent to an activating group) is 1. The van der Waals surface area contributed by atoms with E-state index in [4.69, 9.17) is 10.5 Å². The highest BCUT2D eigenvalue weighted by Crippen LogP contribution is 2.24. The van der Waals surface area contributed by atoms with Gasteiger partial charge in [0.2, 0.25) is 5.91 Å². The molecule has 0 aromatic carbocycles. The van der Waals surface area contributed by atoms with Gasteiger partial charge in [0.1, 0.15) is 5.60 Å². The summed E-state index contributed by atoms with van der Waals surface area (Å²) in [7, 11) is 0. The summed E-state index contributed by atoms with van der Waals surface area (Å²) in [5, 5.41) is 2.93. The van der Waals surface area contributed by atoms with Gasteiger partial charge in [-0.2, -0.15) is 0 Å². The molecular formula is C18H35N3O3. The molecule has 6 nitrogen and oxygen atoms in total. The largest absolute Gasteiger partial charge is 0.444 e. The van der Waals surface area contributed by atoms with Crippen molar-refractivity contribution in [3.63, 3.8) is 0 Å². The molecule has 0 saturated heterocycles. The topological polar surface area (TPSA) is 84.7 Å². The molecule has 3 N–H and O–H groups in total. The first-order chi connectivity index (χ1) is 11.0. The fraction of sp³-hybridized carbons (Fsp3) is 0.889. The molecule has 24 heavy (non-hydrogen) atoms. The molecule has 1 saturated carbocycles. The van der Waals surface area contributed by atoms with Gasteiger partial charge in [0.05, 0.1) is 6.04 Å². The molecule has 1 atom stereocenters. The Morgan fingerprint density at radius 2 is 1.75 bits per heavy atom. The Balaban J connectivity index is 2.51. The number of amides is 2. The van der Waals surface area contributed by atoms with Gasteiger partial charge >= 0.3 is 6.09 Å². The summed E-state index contributed by atoms with van der Waals surface area (Å²) in [4.78, 5) is 26.3. The third-order valence-corrected chi connectivity index (χ3v) is 4.49. The lowest BCUT2D eigenvalue weighted by Crippen LogP contribution is -2.52. The SMILES string of the molecule is CCN(C(=O)[C@@H](N)C(C)C)C1CCC(NC(=O)OC(C)(C)C)CC1. The predicted octanol–water partition coefficient (Wildman–Crippen LogP) is 2.65. The molecule has 0 aromatic heterocycles. The summed E-state index contributed by atoms with van der Waals surface area (Å²) in [6.45, 7) is 12.2. The maximum absolute atomic E-state index is 12.5. The molecule has 0 aromatic rings. The van der Waals surface area contributed by atoms with E-state index in [-0.39, 0.29) is 30.0 Å². The van der Waals surface area contributed by atoms with Crippen LogP contribution in [-0.4, -0.2) is 47.2 Å². The number of nitrogens with zero attached hydrogens (tertiary/aromatic N) is 1. The first-order valence-corrected chi connectivity index (χ1v) is 9.10. The molecule has 0 bridgehead atoms. The van der Waals surface area contributed by atoms with Crippen LogP contribution in [0.3, 0.4) is 0 Å². The first-order valence-electron chi connectivity index (χ1n) is 9.10. The monoisotopic (exact) mass is 341 g/mol. The summed E-state index contributed by atoms with van der Waals surface area (Å²) in [6.07, 6.45) is 3.10. The lowest BCUT2D eigenvalue weighted by Gasteiger charge is -2.38. The van der Waals surface area contributed by atoms with Crippen LogP contribution in [0.25, 0.3) is 0 Å². The van der Waals surface area contributed by atoms with E-state index in [1.165, 1.54) is 0 Å². The number of rotatable bonds is 5. The molecule has 140 valence electrons. The minimum absolute atomic E-state index is 0.0380. The van der Waals surface area contributed by atoms with Crippen molar-refractivity contribution in [2.45, 2.75) is 91.0 Å². The van der Waals surface area contributed by atoms with Crippen LogP contribution < -0.4 is 11.1 Å². The number of nitrogens with two attached hydrogens (primary N) is 1. The average molecular weight is 341 g/mol. The Bertz CT molecular complexity index is 424. The van der Waals surface area contributed by atoms with Crippen LogP contribution in [-0.2, 0) is 9.53 Å². The minimum atomic E-state index is -0.486. The van der Waals surface area contributed by atoms with E-state index in [9.17, 15) is 9.59 Å². The Morgan fingerprint density at radius 3 is 2.17 bits per heavy atom. The molecule has 1 fully saturated rings. The normalized spacial score (nSPS) is 22.8. The van der Waals surface area contributed by atoms with Crippen molar-refractivity contribution in [2.75, 3.05) is 6.54 Å². The van der Waals surface area contributed by atoms with Crippen LogP contribution >= 0.6 is 0 Å². The van der Waals surface area contributed by atoms with E-state index in [1.54, 1.807) is 0 Å². The number of nitrogens with one attached hydrogen (secondary N) is 1. The van der Waals surface area contributed by atoms with Gasteiger partial charge in [0.25, 0.3) is 0 Å². The Kier molecular flexibility index (Phi) is 7.52. The van der Waals surface area contributed by atoms with Gasteiger partial charge in [-0.05, 0) is 59.3 Å². The number of alkyl carbamates (subject to hydrolysis) is 1. The van der Waals surface area contributed by atoms with Crippen LogP contribution in [0, 0.1) is 5.92 Å². The highest BCUT2D eigenvalue weighted by Gasteiger charge is 2.32. The first kappa shape index (κ1) is 20.7. The lowest BCUT2D eigenvalue weighted by atomic mass is 9.89. The minimum Gasteiger partial charge on any atom is -0.444 e. The van der Waals surface area contributed by atoms with Crippen LogP contribution in [0.2, 0.25) is 0 Å². The fourth-order valence-corrected chi connectivity index (χ4v) is 3.08. The van der Waals surface area contributed by atoms with Crippen molar-refractivity contribution in [2.24, 2.45) is 11.7 Å². The molecule has 2 amide bonds. The number of hydrogen-bond donors (Lipinski definition) is 2. The van der Waals surface area contributed by atoms with Gasteiger partial charge in [-0.3, -0.25) is 4.79 Å². The van der Waals surface area contributed by atoms with Gasteiger partial charge in [0, 0.05) is 18.6 Å².